The minimum Gasteiger partial charge on any atom is -0.463 e. The highest BCUT2D eigenvalue weighted by Gasteiger charge is 2.35. The summed E-state index contributed by atoms with van der Waals surface area (Å²) in [5.74, 6) is -0.938. The van der Waals surface area contributed by atoms with Gasteiger partial charge in [-0.2, -0.15) is 0 Å². The SMILES string of the molecule is CN(C)[C@H]1C(OC=O)CCCC[C@@H]1Nc1cc(F)c(S(=O)(=O)Nc2nccs2)cc1Cl. The molecule has 170 valence electrons. The molecule has 0 aliphatic heterocycles. The molecule has 0 amide bonds. The first-order valence-electron chi connectivity index (χ1n) is 9.66. The van der Waals surface area contributed by atoms with E-state index < -0.39 is 20.7 Å². The second-order valence-electron chi connectivity index (χ2n) is 7.47. The van der Waals surface area contributed by atoms with Crippen LogP contribution in [-0.2, 0) is 19.6 Å². The van der Waals surface area contributed by atoms with Gasteiger partial charge in [-0.3, -0.25) is 9.52 Å². The number of likely N-dealkylation sites (N-methyl/N-ethyl adjacent to an activating group) is 1. The third-order valence-electron chi connectivity index (χ3n) is 5.18. The molecule has 1 aliphatic rings. The number of aromatic nitrogens is 1. The van der Waals surface area contributed by atoms with Crippen LogP contribution < -0.4 is 10.0 Å². The van der Waals surface area contributed by atoms with Crippen LogP contribution in [-0.4, -0.2) is 57.1 Å². The standard InChI is InChI=1S/C19H24ClFN4O4S2/c1-25(2)18-14(5-3-4-6-16(18)29-11-26)23-15-10-13(21)17(9-12(15)20)31(27,28)24-19-22-7-8-30-19/h7-11,14,16,18,23H,3-6H2,1-2H3,(H,22,24)/t14-,16?,18+/m0/s1. The largest absolute Gasteiger partial charge is 0.463 e. The number of nitrogens with one attached hydrogen (secondary N) is 2. The van der Waals surface area contributed by atoms with Crippen LogP contribution in [0.25, 0.3) is 0 Å². The number of nitrogens with zero attached hydrogens (tertiary/aromatic N) is 2. The van der Waals surface area contributed by atoms with Gasteiger partial charge in [0.1, 0.15) is 16.8 Å². The highest BCUT2D eigenvalue weighted by atomic mass is 35.5. The number of hydrogen-bond acceptors (Lipinski definition) is 8. The van der Waals surface area contributed by atoms with Crippen LogP contribution in [0.3, 0.4) is 0 Å². The number of carbonyl (C=O) groups is 1. The molecule has 2 aromatic rings. The van der Waals surface area contributed by atoms with Crippen molar-refractivity contribution >= 4 is 50.3 Å². The maximum atomic E-state index is 14.8. The van der Waals surface area contributed by atoms with Gasteiger partial charge in [-0.1, -0.05) is 18.0 Å². The summed E-state index contributed by atoms with van der Waals surface area (Å²) >= 11 is 7.42. The lowest BCUT2D eigenvalue weighted by Crippen LogP contribution is -2.50. The van der Waals surface area contributed by atoms with Crippen molar-refractivity contribution in [3.63, 3.8) is 0 Å². The summed E-state index contributed by atoms with van der Waals surface area (Å²) in [6.07, 6.45) is 4.38. The van der Waals surface area contributed by atoms with E-state index >= 15 is 0 Å². The first-order valence-corrected chi connectivity index (χ1v) is 12.4. The summed E-state index contributed by atoms with van der Waals surface area (Å²) in [7, 11) is -0.423. The van der Waals surface area contributed by atoms with Gasteiger partial charge in [0.2, 0.25) is 0 Å². The third kappa shape index (κ3) is 5.65. The molecule has 31 heavy (non-hydrogen) atoms. The molecule has 1 aromatic carbocycles. The third-order valence-corrected chi connectivity index (χ3v) is 7.66. The van der Waals surface area contributed by atoms with Crippen LogP contribution in [0, 0.1) is 5.82 Å². The zero-order valence-corrected chi connectivity index (χ0v) is 19.4. The van der Waals surface area contributed by atoms with Crippen molar-refractivity contribution in [2.24, 2.45) is 0 Å². The molecule has 1 unspecified atom stereocenters. The molecule has 0 saturated heterocycles. The van der Waals surface area contributed by atoms with Crippen molar-refractivity contribution < 1.29 is 22.3 Å². The molecule has 1 aromatic heterocycles. The van der Waals surface area contributed by atoms with Crippen LogP contribution in [0.15, 0.2) is 28.6 Å². The van der Waals surface area contributed by atoms with E-state index in [-0.39, 0.29) is 34.0 Å². The average molecular weight is 491 g/mol. The Morgan fingerprint density at radius 3 is 2.71 bits per heavy atom. The molecule has 8 nitrogen and oxygen atoms in total. The van der Waals surface area contributed by atoms with Crippen molar-refractivity contribution in [3.05, 3.63) is 34.5 Å². The lowest BCUT2D eigenvalue weighted by atomic mass is 9.99. The lowest BCUT2D eigenvalue weighted by molar-refractivity contribution is -0.137. The topological polar surface area (TPSA) is 101 Å². The van der Waals surface area contributed by atoms with Crippen molar-refractivity contribution in [2.45, 2.75) is 48.8 Å². The summed E-state index contributed by atoms with van der Waals surface area (Å²) < 4.78 is 47.5. The highest BCUT2D eigenvalue weighted by Crippen LogP contribution is 2.33. The van der Waals surface area contributed by atoms with Gasteiger partial charge >= 0.3 is 0 Å². The molecule has 3 atom stereocenters. The summed E-state index contributed by atoms with van der Waals surface area (Å²) in [6.45, 7) is 0.450. The number of thiazole rings is 1. The van der Waals surface area contributed by atoms with Gasteiger partial charge in [-0.25, -0.2) is 17.8 Å². The molecule has 0 radical (unpaired) electrons. The summed E-state index contributed by atoms with van der Waals surface area (Å²) in [5, 5.41) is 5.04. The first-order chi connectivity index (χ1) is 14.7. The van der Waals surface area contributed by atoms with Gasteiger partial charge in [0.15, 0.2) is 5.13 Å². The predicted molar refractivity (Wildman–Crippen MR) is 119 cm³/mol. The Hall–Kier alpha value is -1.95. The Kier molecular flexibility index (Phi) is 7.73. The fraction of sp³-hybridized carbons (Fsp3) is 0.474. The average Bonchev–Trinajstić information content (AvgIpc) is 3.10. The fourth-order valence-corrected chi connectivity index (χ4v) is 6.03. The molecule has 1 aliphatic carbocycles. The minimum atomic E-state index is -4.19. The van der Waals surface area contributed by atoms with E-state index in [4.69, 9.17) is 16.3 Å². The van der Waals surface area contributed by atoms with Gasteiger partial charge in [-0.05, 0) is 45.5 Å². The van der Waals surface area contributed by atoms with Gasteiger partial charge < -0.3 is 15.0 Å². The Bertz CT molecular complexity index is 1000. The van der Waals surface area contributed by atoms with E-state index in [1.54, 1.807) is 5.38 Å². The number of hydrogen-bond donors (Lipinski definition) is 2. The van der Waals surface area contributed by atoms with Crippen LogP contribution in [0.5, 0.6) is 0 Å². The van der Waals surface area contributed by atoms with Crippen molar-refractivity contribution in [1.29, 1.82) is 0 Å². The molecule has 2 N–H and O–H groups in total. The number of halogens is 2. The summed E-state index contributed by atoms with van der Waals surface area (Å²) in [5.41, 5.74) is 0.274. The van der Waals surface area contributed by atoms with Gasteiger partial charge in [-0.15, -0.1) is 11.3 Å². The molecule has 12 heteroatoms. The van der Waals surface area contributed by atoms with Crippen LogP contribution >= 0.6 is 22.9 Å². The number of benzene rings is 1. The molecular weight excluding hydrogens is 467 g/mol. The van der Waals surface area contributed by atoms with Crippen molar-refractivity contribution in [2.75, 3.05) is 24.1 Å². The van der Waals surface area contributed by atoms with Crippen LogP contribution in [0.1, 0.15) is 25.7 Å². The number of ether oxygens (including phenoxy) is 1. The Morgan fingerprint density at radius 1 is 1.32 bits per heavy atom. The zero-order chi connectivity index (χ0) is 22.6. The van der Waals surface area contributed by atoms with E-state index in [1.807, 2.05) is 19.0 Å². The smallest absolute Gasteiger partial charge is 0.293 e. The monoisotopic (exact) mass is 490 g/mol. The molecule has 1 fully saturated rings. The van der Waals surface area contributed by atoms with Gasteiger partial charge in [0.05, 0.1) is 16.8 Å². The Labute approximate surface area is 189 Å². The quantitative estimate of drug-likeness (QED) is 0.431. The molecule has 1 saturated carbocycles. The molecule has 0 bridgehead atoms. The highest BCUT2D eigenvalue weighted by molar-refractivity contribution is 7.93. The van der Waals surface area contributed by atoms with Crippen LogP contribution in [0.4, 0.5) is 15.2 Å². The number of anilines is 2. The number of rotatable bonds is 8. The maximum absolute atomic E-state index is 14.8. The predicted octanol–water partition coefficient (Wildman–Crippen LogP) is 3.56. The lowest BCUT2D eigenvalue weighted by Gasteiger charge is -2.36. The molecule has 1 heterocycles. The minimum absolute atomic E-state index is 0.0653. The zero-order valence-electron chi connectivity index (χ0n) is 17.0. The molecule has 3 rings (SSSR count). The van der Waals surface area contributed by atoms with Gasteiger partial charge in [0.25, 0.3) is 16.5 Å². The summed E-state index contributed by atoms with van der Waals surface area (Å²) in [4.78, 5) is 16.2. The first kappa shape index (κ1) is 23.7. The van der Waals surface area contributed by atoms with Crippen molar-refractivity contribution in [3.8, 4) is 0 Å². The van der Waals surface area contributed by atoms with Crippen LogP contribution in [0.2, 0.25) is 5.02 Å². The second-order valence-corrected chi connectivity index (χ2v) is 10.4. The van der Waals surface area contributed by atoms with Gasteiger partial charge in [0, 0.05) is 17.6 Å². The Balaban J connectivity index is 1.87. The maximum Gasteiger partial charge on any atom is 0.293 e. The second kappa shape index (κ2) is 10.1. The molecular formula is C19H24ClFN4O4S2. The summed E-state index contributed by atoms with van der Waals surface area (Å²) in [6, 6.07) is 1.80. The fourth-order valence-electron chi connectivity index (χ4n) is 3.87. The van der Waals surface area contributed by atoms with E-state index in [1.165, 1.54) is 6.20 Å². The van der Waals surface area contributed by atoms with E-state index in [9.17, 15) is 17.6 Å². The molecule has 0 spiro atoms. The van der Waals surface area contributed by atoms with E-state index in [2.05, 4.69) is 15.0 Å². The Morgan fingerprint density at radius 2 is 2.06 bits per heavy atom. The van der Waals surface area contributed by atoms with E-state index in [0.29, 0.717) is 6.47 Å². The van der Waals surface area contributed by atoms with Crippen molar-refractivity contribution in [1.82, 2.24) is 9.88 Å². The normalized spacial score (nSPS) is 22.0. The number of carbonyl (C=O) groups excluding carboxylic acids is 1. The van der Waals surface area contributed by atoms with E-state index in [0.717, 1.165) is 49.2 Å². The number of sulfonamides is 1.